The normalized spacial score (nSPS) is 10.1. The van der Waals surface area contributed by atoms with Crippen molar-refractivity contribution in [2.75, 3.05) is 37.8 Å². The molecule has 0 bridgehead atoms. The van der Waals surface area contributed by atoms with Crippen LogP contribution in [0.4, 0.5) is 11.4 Å². The van der Waals surface area contributed by atoms with Gasteiger partial charge in [0.15, 0.2) is 0 Å². The van der Waals surface area contributed by atoms with Gasteiger partial charge < -0.3 is 15.5 Å². The van der Waals surface area contributed by atoms with Gasteiger partial charge in [0.1, 0.15) is 0 Å². The van der Waals surface area contributed by atoms with E-state index < -0.39 is 0 Å². The van der Waals surface area contributed by atoms with E-state index in [0.717, 1.165) is 5.69 Å². The van der Waals surface area contributed by atoms with Crippen molar-refractivity contribution in [1.82, 2.24) is 4.90 Å². The molecule has 17 heavy (non-hydrogen) atoms. The third kappa shape index (κ3) is 3.53. The topological polar surface area (TPSA) is 49.6 Å². The highest BCUT2D eigenvalue weighted by Crippen LogP contribution is 2.26. The van der Waals surface area contributed by atoms with E-state index in [0.29, 0.717) is 23.8 Å². The Labute approximate surface area is 107 Å². The first-order chi connectivity index (χ1) is 7.95. The third-order valence-electron chi connectivity index (χ3n) is 2.54. The van der Waals surface area contributed by atoms with E-state index >= 15 is 0 Å². The number of halogens is 1. The van der Waals surface area contributed by atoms with Gasteiger partial charge in [-0.2, -0.15) is 0 Å². The molecule has 5 heteroatoms. The van der Waals surface area contributed by atoms with Crippen molar-refractivity contribution in [2.45, 2.75) is 6.92 Å². The lowest BCUT2D eigenvalue weighted by Gasteiger charge is -2.25. The number of likely N-dealkylation sites (N-methyl/N-ethyl adjacent to an activating group) is 2. The molecule has 0 heterocycles. The highest BCUT2D eigenvalue weighted by Gasteiger charge is 2.14. The average Bonchev–Trinajstić information content (AvgIpc) is 2.29. The predicted octanol–water partition coefficient (Wildman–Crippen LogP) is 1.84. The number of carbonyl (C=O) groups is 1. The maximum Gasteiger partial charge on any atom is 0.241 e. The number of nitrogens with zero attached hydrogens (tertiary/aromatic N) is 2. The fraction of sp³-hybridized carbons (Fsp3) is 0.417. The fourth-order valence-electron chi connectivity index (χ4n) is 1.46. The molecule has 0 aliphatic rings. The molecule has 0 saturated heterocycles. The van der Waals surface area contributed by atoms with E-state index in [2.05, 4.69) is 0 Å². The Morgan fingerprint density at radius 1 is 1.41 bits per heavy atom. The molecule has 0 aliphatic carbocycles. The number of amides is 1. The molecule has 0 aliphatic heterocycles. The Hall–Kier alpha value is -1.42. The SMILES string of the molecule is CCN(CC(=O)N(C)C)c1cc(Cl)ccc1N. The summed E-state index contributed by atoms with van der Waals surface area (Å²) in [6, 6.07) is 5.27. The third-order valence-corrected chi connectivity index (χ3v) is 2.77. The summed E-state index contributed by atoms with van der Waals surface area (Å²) >= 11 is 5.94. The van der Waals surface area contributed by atoms with Crippen LogP contribution in [0.1, 0.15) is 6.92 Å². The summed E-state index contributed by atoms with van der Waals surface area (Å²) < 4.78 is 0. The van der Waals surface area contributed by atoms with Crippen LogP contribution in [-0.4, -0.2) is 38.0 Å². The van der Waals surface area contributed by atoms with Gasteiger partial charge in [0.2, 0.25) is 5.91 Å². The molecule has 1 aromatic carbocycles. The van der Waals surface area contributed by atoms with Gasteiger partial charge in [0.25, 0.3) is 0 Å². The first-order valence-corrected chi connectivity index (χ1v) is 5.83. The molecule has 4 nitrogen and oxygen atoms in total. The molecule has 0 unspecified atom stereocenters. The van der Waals surface area contributed by atoms with Gasteiger partial charge in [-0.3, -0.25) is 4.79 Å². The zero-order valence-electron chi connectivity index (χ0n) is 10.4. The summed E-state index contributed by atoms with van der Waals surface area (Å²) in [5, 5.41) is 0.616. The van der Waals surface area contributed by atoms with Crippen LogP contribution in [0.3, 0.4) is 0 Å². The summed E-state index contributed by atoms with van der Waals surface area (Å²) in [6.07, 6.45) is 0. The lowest BCUT2D eigenvalue weighted by Crippen LogP contribution is -2.36. The zero-order valence-corrected chi connectivity index (χ0v) is 11.2. The van der Waals surface area contributed by atoms with Crippen molar-refractivity contribution in [3.8, 4) is 0 Å². The zero-order chi connectivity index (χ0) is 13.0. The Balaban J connectivity index is 2.93. The molecular weight excluding hydrogens is 238 g/mol. The number of nitrogens with two attached hydrogens (primary N) is 1. The highest BCUT2D eigenvalue weighted by molar-refractivity contribution is 6.31. The number of hydrogen-bond acceptors (Lipinski definition) is 3. The summed E-state index contributed by atoms with van der Waals surface area (Å²) in [7, 11) is 3.47. The van der Waals surface area contributed by atoms with Gasteiger partial charge in [-0.1, -0.05) is 11.6 Å². The molecule has 0 aromatic heterocycles. The molecule has 0 radical (unpaired) electrons. The van der Waals surface area contributed by atoms with Crippen LogP contribution in [-0.2, 0) is 4.79 Å². The van der Waals surface area contributed by atoms with E-state index in [9.17, 15) is 4.79 Å². The Kier molecular flexibility index (Phi) is 4.63. The smallest absolute Gasteiger partial charge is 0.241 e. The van der Waals surface area contributed by atoms with Gasteiger partial charge in [-0.05, 0) is 25.1 Å². The van der Waals surface area contributed by atoms with E-state index in [4.69, 9.17) is 17.3 Å². The first-order valence-electron chi connectivity index (χ1n) is 5.45. The molecule has 94 valence electrons. The lowest BCUT2D eigenvalue weighted by atomic mass is 10.2. The van der Waals surface area contributed by atoms with Gasteiger partial charge in [-0.15, -0.1) is 0 Å². The first kappa shape index (κ1) is 13.6. The minimum atomic E-state index is 0.0335. The molecule has 1 rings (SSSR count). The molecule has 1 amide bonds. The number of rotatable bonds is 4. The van der Waals surface area contributed by atoms with Crippen LogP contribution in [0, 0.1) is 0 Å². The van der Waals surface area contributed by atoms with Crippen LogP contribution in [0.5, 0.6) is 0 Å². The van der Waals surface area contributed by atoms with Crippen LogP contribution in [0.25, 0.3) is 0 Å². The number of carbonyl (C=O) groups excluding carboxylic acids is 1. The number of nitrogen functional groups attached to an aromatic ring is 1. The fourth-order valence-corrected chi connectivity index (χ4v) is 1.63. The van der Waals surface area contributed by atoms with Gasteiger partial charge in [0, 0.05) is 25.7 Å². The highest BCUT2D eigenvalue weighted by atomic mass is 35.5. The summed E-state index contributed by atoms with van der Waals surface area (Å²) in [6.45, 7) is 2.97. The monoisotopic (exact) mass is 255 g/mol. The van der Waals surface area contributed by atoms with Gasteiger partial charge >= 0.3 is 0 Å². The second-order valence-corrected chi connectivity index (χ2v) is 4.44. The van der Waals surface area contributed by atoms with Crippen molar-refractivity contribution >= 4 is 28.9 Å². The maximum atomic E-state index is 11.7. The van der Waals surface area contributed by atoms with Crippen molar-refractivity contribution < 1.29 is 4.79 Å². The van der Waals surface area contributed by atoms with Gasteiger partial charge in [-0.25, -0.2) is 0 Å². The summed E-state index contributed by atoms with van der Waals surface area (Å²) in [4.78, 5) is 15.2. The largest absolute Gasteiger partial charge is 0.397 e. The predicted molar refractivity (Wildman–Crippen MR) is 72.4 cm³/mol. The van der Waals surface area contributed by atoms with Crippen LogP contribution in [0.2, 0.25) is 5.02 Å². The van der Waals surface area contributed by atoms with E-state index in [-0.39, 0.29) is 5.91 Å². The molecule has 0 saturated carbocycles. The second-order valence-electron chi connectivity index (χ2n) is 4.01. The van der Waals surface area contributed by atoms with Crippen LogP contribution >= 0.6 is 11.6 Å². The van der Waals surface area contributed by atoms with E-state index in [1.165, 1.54) is 0 Å². The number of benzene rings is 1. The molecule has 2 N–H and O–H groups in total. The minimum Gasteiger partial charge on any atom is -0.397 e. The quantitative estimate of drug-likeness (QED) is 0.836. The van der Waals surface area contributed by atoms with Crippen LogP contribution < -0.4 is 10.6 Å². The number of anilines is 2. The molecule has 0 atom stereocenters. The van der Waals surface area contributed by atoms with Crippen molar-refractivity contribution in [2.24, 2.45) is 0 Å². The van der Waals surface area contributed by atoms with Crippen molar-refractivity contribution in [3.05, 3.63) is 23.2 Å². The Bertz CT molecular complexity index is 407. The second kappa shape index (κ2) is 5.77. The average molecular weight is 256 g/mol. The summed E-state index contributed by atoms with van der Waals surface area (Å²) in [5.74, 6) is 0.0335. The molecular formula is C12H18ClN3O. The maximum absolute atomic E-state index is 11.7. The minimum absolute atomic E-state index is 0.0335. The summed E-state index contributed by atoms with van der Waals surface area (Å²) in [5.41, 5.74) is 7.32. The van der Waals surface area contributed by atoms with Crippen molar-refractivity contribution in [3.63, 3.8) is 0 Å². The lowest BCUT2D eigenvalue weighted by molar-refractivity contribution is -0.127. The number of hydrogen-bond donors (Lipinski definition) is 1. The van der Waals surface area contributed by atoms with Crippen molar-refractivity contribution in [1.29, 1.82) is 0 Å². The standard InChI is InChI=1S/C12H18ClN3O/c1-4-16(8-12(17)15(2)3)11-7-9(13)5-6-10(11)14/h5-7H,4,8,14H2,1-3H3. The molecule has 0 fully saturated rings. The Morgan fingerprint density at radius 3 is 2.59 bits per heavy atom. The van der Waals surface area contributed by atoms with E-state index in [1.807, 2.05) is 11.8 Å². The van der Waals surface area contributed by atoms with Gasteiger partial charge in [0.05, 0.1) is 17.9 Å². The Morgan fingerprint density at radius 2 is 2.06 bits per heavy atom. The molecule has 0 spiro atoms. The van der Waals surface area contributed by atoms with Crippen LogP contribution in [0.15, 0.2) is 18.2 Å². The molecule has 1 aromatic rings. The van der Waals surface area contributed by atoms with E-state index in [1.54, 1.807) is 37.2 Å².